The summed E-state index contributed by atoms with van der Waals surface area (Å²) >= 11 is 0. The summed E-state index contributed by atoms with van der Waals surface area (Å²) in [5, 5.41) is 0. The van der Waals surface area contributed by atoms with E-state index in [1.165, 1.54) is 8.61 Å². The third kappa shape index (κ3) is 3.79. The second-order valence-electron chi connectivity index (χ2n) is 6.61. The lowest BCUT2D eigenvalue weighted by Gasteiger charge is -2.35. The first-order valence-electron chi connectivity index (χ1n) is 8.55. The van der Waals surface area contributed by atoms with Crippen LogP contribution in [0.5, 0.6) is 0 Å². The average molecular weight is 351 g/mol. The number of amides is 1. The van der Waals surface area contributed by atoms with Crippen molar-refractivity contribution in [3.63, 3.8) is 0 Å². The lowest BCUT2D eigenvalue weighted by Crippen LogP contribution is -2.52. The van der Waals surface area contributed by atoms with E-state index in [1.54, 1.807) is 4.90 Å². The first-order chi connectivity index (χ1) is 11.5. The molecule has 7 heteroatoms. The first-order valence-corrected chi connectivity index (χ1v) is 9.95. The maximum Gasteiger partial charge on any atom is 0.282 e. The highest BCUT2D eigenvalue weighted by molar-refractivity contribution is 7.86. The summed E-state index contributed by atoms with van der Waals surface area (Å²) in [4.78, 5) is 14.1. The predicted molar refractivity (Wildman–Crippen MR) is 92.5 cm³/mol. The van der Waals surface area contributed by atoms with Gasteiger partial charge in [-0.05, 0) is 31.7 Å². The molecule has 2 aliphatic heterocycles. The van der Waals surface area contributed by atoms with Crippen LogP contribution >= 0.6 is 0 Å². The van der Waals surface area contributed by atoms with Gasteiger partial charge in [0.1, 0.15) is 0 Å². The monoisotopic (exact) mass is 351 g/mol. The number of carbonyl (C=O) groups excluding carboxylic acids is 1. The van der Waals surface area contributed by atoms with Gasteiger partial charge in [-0.15, -0.1) is 0 Å². The van der Waals surface area contributed by atoms with Crippen LogP contribution in [0, 0.1) is 6.92 Å². The Morgan fingerprint density at radius 3 is 2.46 bits per heavy atom. The molecule has 0 unspecified atom stereocenters. The van der Waals surface area contributed by atoms with Crippen LogP contribution in [0.4, 0.5) is 0 Å². The van der Waals surface area contributed by atoms with E-state index in [-0.39, 0.29) is 12.5 Å². The number of likely N-dealkylation sites (tertiary alicyclic amines) is 1. The van der Waals surface area contributed by atoms with E-state index < -0.39 is 10.2 Å². The smallest absolute Gasteiger partial charge is 0.282 e. The zero-order valence-corrected chi connectivity index (χ0v) is 15.0. The van der Waals surface area contributed by atoms with Crippen molar-refractivity contribution in [2.75, 3.05) is 32.7 Å². The normalized spacial score (nSPS) is 22.0. The molecule has 3 rings (SSSR count). The topological polar surface area (TPSA) is 60.9 Å². The molecule has 2 saturated heterocycles. The van der Waals surface area contributed by atoms with Crippen molar-refractivity contribution in [3.8, 4) is 0 Å². The van der Waals surface area contributed by atoms with E-state index in [0.717, 1.165) is 43.5 Å². The third-order valence-electron chi connectivity index (χ3n) is 4.68. The van der Waals surface area contributed by atoms with Crippen LogP contribution in [0.15, 0.2) is 24.3 Å². The van der Waals surface area contributed by atoms with Crippen LogP contribution < -0.4 is 0 Å². The molecule has 1 aromatic rings. The molecule has 24 heavy (non-hydrogen) atoms. The first kappa shape index (κ1) is 17.4. The number of carbonyl (C=O) groups is 1. The van der Waals surface area contributed by atoms with Gasteiger partial charge in [-0.2, -0.15) is 17.0 Å². The van der Waals surface area contributed by atoms with Crippen molar-refractivity contribution >= 4 is 16.1 Å². The third-order valence-corrected chi connectivity index (χ3v) is 6.61. The maximum absolute atomic E-state index is 12.8. The van der Waals surface area contributed by atoms with Crippen LogP contribution in [-0.2, 0) is 21.5 Å². The van der Waals surface area contributed by atoms with E-state index in [4.69, 9.17) is 0 Å². The van der Waals surface area contributed by atoms with Crippen molar-refractivity contribution < 1.29 is 13.2 Å². The summed E-state index contributed by atoms with van der Waals surface area (Å²) < 4.78 is 28.5. The van der Waals surface area contributed by atoms with Crippen molar-refractivity contribution in [1.82, 2.24) is 13.5 Å². The van der Waals surface area contributed by atoms with Gasteiger partial charge in [0.15, 0.2) is 0 Å². The van der Waals surface area contributed by atoms with E-state index in [0.29, 0.717) is 19.6 Å². The van der Waals surface area contributed by atoms with Crippen LogP contribution in [0.25, 0.3) is 0 Å². The fraction of sp³-hybridized carbons (Fsp3) is 0.588. The van der Waals surface area contributed by atoms with Crippen LogP contribution in [-0.4, -0.2) is 60.6 Å². The minimum absolute atomic E-state index is 0.0351. The molecule has 2 heterocycles. The fourth-order valence-corrected chi connectivity index (χ4v) is 5.00. The fourth-order valence-electron chi connectivity index (χ4n) is 3.37. The predicted octanol–water partition coefficient (Wildman–Crippen LogP) is 1.37. The average Bonchev–Trinajstić information content (AvgIpc) is 3.06. The quantitative estimate of drug-likeness (QED) is 0.823. The van der Waals surface area contributed by atoms with Crippen molar-refractivity contribution in [2.24, 2.45) is 0 Å². The molecule has 132 valence electrons. The summed E-state index contributed by atoms with van der Waals surface area (Å²) in [7, 11) is -3.58. The van der Waals surface area contributed by atoms with E-state index in [1.807, 2.05) is 31.2 Å². The van der Waals surface area contributed by atoms with Gasteiger partial charge in [0.2, 0.25) is 5.91 Å². The van der Waals surface area contributed by atoms with E-state index in [2.05, 4.69) is 0 Å². The maximum atomic E-state index is 12.8. The number of rotatable bonds is 4. The molecule has 0 spiro atoms. The van der Waals surface area contributed by atoms with Gasteiger partial charge in [0.05, 0.1) is 6.54 Å². The zero-order chi connectivity index (χ0) is 17.2. The van der Waals surface area contributed by atoms with Crippen LogP contribution in [0.1, 0.15) is 30.4 Å². The Morgan fingerprint density at radius 2 is 1.75 bits per heavy atom. The lowest BCUT2D eigenvalue weighted by molar-refractivity contribution is -0.130. The van der Waals surface area contributed by atoms with Crippen molar-refractivity contribution in [3.05, 3.63) is 35.4 Å². The molecule has 1 aromatic carbocycles. The molecule has 6 nitrogen and oxygen atoms in total. The van der Waals surface area contributed by atoms with Crippen molar-refractivity contribution in [2.45, 2.75) is 32.7 Å². The Morgan fingerprint density at radius 1 is 1.04 bits per heavy atom. The number of hydrogen-bond donors (Lipinski definition) is 0. The van der Waals surface area contributed by atoms with E-state index in [9.17, 15) is 13.2 Å². The van der Waals surface area contributed by atoms with E-state index >= 15 is 0 Å². The number of benzene rings is 1. The molecule has 0 bridgehead atoms. The molecule has 2 aliphatic rings. The summed E-state index contributed by atoms with van der Waals surface area (Å²) in [6, 6.07) is 7.88. The van der Waals surface area contributed by atoms with Crippen molar-refractivity contribution in [1.29, 1.82) is 0 Å². The van der Waals surface area contributed by atoms with Gasteiger partial charge >= 0.3 is 0 Å². The number of hydrogen-bond acceptors (Lipinski definition) is 3. The Labute approximate surface area is 144 Å². The summed E-state index contributed by atoms with van der Waals surface area (Å²) in [6.45, 7) is 4.75. The standard InChI is InChI=1S/C17H25N3O3S/c1-15-6-4-7-16(12-15)13-19-10-5-11-20(24(19,22)23)14-17(21)18-8-2-3-9-18/h4,6-7,12H,2-3,5,8-11,13-14H2,1H3. The summed E-state index contributed by atoms with van der Waals surface area (Å²) in [5.41, 5.74) is 2.09. The molecular weight excluding hydrogens is 326 g/mol. The molecule has 1 amide bonds. The second-order valence-corrected chi connectivity index (χ2v) is 8.53. The molecule has 0 N–H and O–H groups in total. The molecule has 0 radical (unpaired) electrons. The van der Waals surface area contributed by atoms with Gasteiger partial charge in [-0.25, -0.2) is 0 Å². The van der Waals surface area contributed by atoms with Gasteiger partial charge < -0.3 is 4.90 Å². The highest BCUT2D eigenvalue weighted by atomic mass is 32.2. The Bertz CT molecular complexity index is 699. The second kappa shape index (κ2) is 7.21. The van der Waals surface area contributed by atoms with Gasteiger partial charge in [-0.3, -0.25) is 4.79 Å². The molecule has 0 atom stereocenters. The number of aryl methyl sites for hydroxylation is 1. The highest BCUT2D eigenvalue weighted by Gasteiger charge is 2.35. The summed E-state index contributed by atoms with van der Waals surface area (Å²) in [5.74, 6) is -0.0755. The SMILES string of the molecule is Cc1cccc(CN2CCCN(CC(=O)N3CCCC3)S2(=O)=O)c1. The number of nitrogens with zero attached hydrogens (tertiary/aromatic N) is 3. The van der Waals surface area contributed by atoms with Crippen LogP contribution in [0.2, 0.25) is 0 Å². The Kier molecular flexibility index (Phi) is 5.22. The Balaban J connectivity index is 1.69. The molecule has 0 aliphatic carbocycles. The van der Waals surface area contributed by atoms with Crippen LogP contribution in [0.3, 0.4) is 0 Å². The zero-order valence-electron chi connectivity index (χ0n) is 14.1. The molecule has 0 aromatic heterocycles. The molecule has 2 fully saturated rings. The minimum Gasteiger partial charge on any atom is -0.342 e. The largest absolute Gasteiger partial charge is 0.342 e. The lowest BCUT2D eigenvalue weighted by atomic mass is 10.1. The summed E-state index contributed by atoms with van der Waals surface area (Å²) in [6.07, 6.45) is 2.77. The van der Waals surface area contributed by atoms with Gasteiger partial charge in [-0.1, -0.05) is 29.8 Å². The molecule has 0 saturated carbocycles. The highest BCUT2D eigenvalue weighted by Crippen LogP contribution is 2.20. The minimum atomic E-state index is -3.58. The molecular formula is C17H25N3O3S. The van der Waals surface area contributed by atoms with Gasteiger partial charge in [0, 0.05) is 32.7 Å². The Hall–Kier alpha value is -1.44. The van der Waals surface area contributed by atoms with Gasteiger partial charge in [0.25, 0.3) is 10.2 Å².